The van der Waals surface area contributed by atoms with Gasteiger partial charge in [0.2, 0.25) is 5.91 Å². The fourth-order valence-electron chi connectivity index (χ4n) is 1.98. The molecule has 2 rings (SSSR count). The Morgan fingerprint density at radius 3 is 3.00 bits per heavy atom. The molecule has 1 aromatic heterocycles. The average molecular weight is 288 g/mol. The molecule has 1 amide bonds. The maximum absolute atomic E-state index is 11.4. The van der Waals surface area contributed by atoms with Gasteiger partial charge in [0.25, 0.3) is 0 Å². The normalized spacial score (nSPS) is 10.5. The Morgan fingerprint density at radius 2 is 2.25 bits per heavy atom. The van der Waals surface area contributed by atoms with Crippen LogP contribution < -0.4 is 5.32 Å². The van der Waals surface area contributed by atoms with Crippen molar-refractivity contribution in [3.05, 3.63) is 40.9 Å². The molecule has 2 aromatic rings. The summed E-state index contributed by atoms with van der Waals surface area (Å²) < 4.78 is 0. The van der Waals surface area contributed by atoms with Crippen LogP contribution in [-0.2, 0) is 11.2 Å². The Labute approximate surface area is 124 Å². The van der Waals surface area contributed by atoms with Crippen LogP contribution in [0.5, 0.6) is 0 Å². The predicted molar refractivity (Wildman–Crippen MR) is 83.9 cm³/mol. The molecule has 0 saturated heterocycles. The van der Waals surface area contributed by atoms with Crippen molar-refractivity contribution in [2.45, 2.75) is 33.1 Å². The van der Waals surface area contributed by atoms with Crippen LogP contribution in [0.3, 0.4) is 0 Å². The van der Waals surface area contributed by atoms with E-state index in [9.17, 15) is 4.79 Å². The second-order valence-electron chi connectivity index (χ2n) is 4.86. The highest BCUT2D eigenvalue weighted by atomic mass is 32.1. The topological polar surface area (TPSA) is 42.0 Å². The molecule has 0 aliphatic rings. The van der Waals surface area contributed by atoms with Crippen LogP contribution in [0, 0.1) is 6.92 Å². The van der Waals surface area contributed by atoms with Crippen LogP contribution in [-0.4, -0.2) is 17.4 Å². The summed E-state index contributed by atoms with van der Waals surface area (Å²) in [5, 5.41) is 6.03. The molecule has 0 atom stereocenters. The summed E-state index contributed by atoms with van der Waals surface area (Å²) in [6, 6.07) is 8.36. The molecular formula is C16H20N2OS. The van der Waals surface area contributed by atoms with E-state index in [1.165, 1.54) is 5.56 Å². The molecule has 0 bridgehead atoms. The van der Waals surface area contributed by atoms with Crippen LogP contribution >= 0.6 is 11.3 Å². The monoisotopic (exact) mass is 288 g/mol. The van der Waals surface area contributed by atoms with E-state index in [2.05, 4.69) is 46.9 Å². The standard InChI is InChI=1S/C16H20N2OS/c1-3-5-15(19)17-9-8-14-11-20-16(18-14)13-7-4-6-12(2)10-13/h4,6-7,10-11H,3,5,8-9H2,1-2H3,(H,17,19). The first kappa shape index (κ1) is 14.7. The smallest absolute Gasteiger partial charge is 0.219 e. The molecule has 0 spiro atoms. The van der Waals surface area contributed by atoms with Crippen molar-refractivity contribution < 1.29 is 4.79 Å². The number of benzene rings is 1. The Kier molecular flexibility index (Phi) is 5.30. The summed E-state index contributed by atoms with van der Waals surface area (Å²) in [6.45, 7) is 4.76. The van der Waals surface area contributed by atoms with Crippen molar-refractivity contribution in [3.8, 4) is 10.6 Å². The summed E-state index contributed by atoms with van der Waals surface area (Å²) in [4.78, 5) is 16.0. The van der Waals surface area contributed by atoms with Crippen molar-refractivity contribution in [2.75, 3.05) is 6.54 Å². The maximum Gasteiger partial charge on any atom is 0.219 e. The van der Waals surface area contributed by atoms with Gasteiger partial charge in [-0.2, -0.15) is 0 Å². The number of carbonyl (C=O) groups excluding carboxylic acids is 1. The van der Waals surface area contributed by atoms with Gasteiger partial charge in [-0.15, -0.1) is 11.3 Å². The van der Waals surface area contributed by atoms with Crippen LogP contribution in [0.15, 0.2) is 29.6 Å². The van der Waals surface area contributed by atoms with Crippen molar-refractivity contribution in [1.29, 1.82) is 0 Å². The highest BCUT2D eigenvalue weighted by Crippen LogP contribution is 2.24. The number of aryl methyl sites for hydroxylation is 1. The minimum atomic E-state index is 0.127. The average Bonchev–Trinajstić information content (AvgIpc) is 2.88. The molecule has 106 valence electrons. The Morgan fingerprint density at radius 1 is 1.40 bits per heavy atom. The van der Waals surface area contributed by atoms with Crippen molar-refractivity contribution in [1.82, 2.24) is 10.3 Å². The van der Waals surface area contributed by atoms with E-state index in [1.54, 1.807) is 11.3 Å². The zero-order valence-electron chi connectivity index (χ0n) is 12.0. The predicted octanol–water partition coefficient (Wildman–Crippen LogP) is 3.58. The number of nitrogens with zero attached hydrogens (tertiary/aromatic N) is 1. The zero-order valence-corrected chi connectivity index (χ0v) is 12.8. The van der Waals surface area contributed by atoms with Gasteiger partial charge >= 0.3 is 0 Å². The largest absolute Gasteiger partial charge is 0.356 e. The molecule has 3 nitrogen and oxygen atoms in total. The van der Waals surface area contributed by atoms with Gasteiger partial charge in [0, 0.05) is 30.3 Å². The third kappa shape index (κ3) is 4.17. The quantitative estimate of drug-likeness (QED) is 0.883. The van der Waals surface area contributed by atoms with Gasteiger partial charge in [0.1, 0.15) is 5.01 Å². The minimum absolute atomic E-state index is 0.127. The Bertz CT molecular complexity index is 577. The molecular weight excluding hydrogens is 268 g/mol. The van der Waals surface area contributed by atoms with Crippen LogP contribution in [0.25, 0.3) is 10.6 Å². The molecule has 0 unspecified atom stereocenters. The van der Waals surface area contributed by atoms with Crippen LogP contribution in [0.1, 0.15) is 31.0 Å². The third-order valence-electron chi connectivity index (χ3n) is 3.00. The summed E-state index contributed by atoms with van der Waals surface area (Å²) >= 11 is 1.66. The number of hydrogen-bond acceptors (Lipinski definition) is 3. The molecule has 1 heterocycles. The number of aromatic nitrogens is 1. The van der Waals surface area contributed by atoms with Gasteiger partial charge in [0.15, 0.2) is 0 Å². The second kappa shape index (κ2) is 7.20. The van der Waals surface area contributed by atoms with E-state index in [0.717, 1.165) is 29.1 Å². The van der Waals surface area contributed by atoms with E-state index >= 15 is 0 Å². The van der Waals surface area contributed by atoms with E-state index < -0.39 is 0 Å². The lowest BCUT2D eigenvalue weighted by molar-refractivity contribution is -0.121. The lowest BCUT2D eigenvalue weighted by atomic mass is 10.1. The molecule has 0 saturated carbocycles. The van der Waals surface area contributed by atoms with Crippen LogP contribution in [0.4, 0.5) is 0 Å². The van der Waals surface area contributed by atoms with E-state index in [4.69, 9.17) is 0 Å². The van der Waals surface area contributed by atoms with Crippen molar-refractivity contribution >= 4 is 17.2 Å². The molecule has 0 fully saturated rings. The SMILES string of the molecule is CCCC(=O)NCCc1csc(-c2cccc(C)c2)n1. The van der Waals surface area contributed by atoms with E-state index in [-0.39, 0.29) is 5.91 Å². The Balaban J connectivity index is 1.91. The van der Waals surface area contributed by atoms with Gasteiger partial charge in [-0.05, 0) is 19.4 Å². The lowest BCUT2D eigenvalue weighted by Gasteiger charge is -2.02. The fourth-order valence-corrected chi connectivity index (χ4v) is 2.83. The first-order valence-electron chi connectivity index (χ1n) is 6.97. The molecule has 1 aromatic carbocycles. The summed E-state index contributed by atoms with van der Waals surface area (Å²) in [6.07, 6.45) is 2.28. The zero-order chi connectivity index (χ0) is 14.4. The van der Waals surface area contributed by atoms with Gasteiger partial charge in [-0.3, -0.25) is 4.79 Å². The summed E-state index contributed by atoms with van der Waals surface area (Å²) in [5.74, 6) is 0.127. The molecule has 0 aliphatic carbocycles. The second-order valence-corrected chi connectivity index (χ2v) is 5.72. The van der Waals surface area contributed by atoms with Gasteiger partial charge in [-0.25, -0.2) is 4.98 Å². The first-order valence-corrected chi connectivity index (χ1v) is 7.85. The molecule has 0 aliphatic heterocycles. The third-order valence-corrected chi connectivity index (χ3v) is 3.94. The Hall–Kier alpha value is -1.68. The van der Waals surface area contributed by atoms with E-state index in [1.807, 2.05) is 6.92 Å². The number of amides is 1. The minimum Gasteiger partial charge on any atom is -0.356 e. The lowest BCUT2D eigenvalue weighted by Crippen LogP contribution is -2.25. The number of rotatable bonds is 6. The summed E-state index contributed by atoms with van der Waals surface area (Å²) in [5.41, 5.74) is 3.45. The van der Waals surface area contributed by atoms with Crippen molar-refractivity contribution in [2.24, 2.45) is 0 Å². The fraction of sp³-hybridized carbons (Fsp3) is 0.375. The maximum atomic E-state index is 11.4. The highest BCUT2D eigenvalue weighted by Gasteiger charge is 2.05. The van der Waals surface area contributed by atoms with Gasteiger partial charge in [0.05, 0.1) is 5.69 Å². The van der Waals surface area contributed by atoms with Crippen LogP contribution in [0.2, 0.25) is 0 Å². The number of thiazole rings is 1. The van der Waals surface area contributed by atoms with Gasteiger partial charge in [-0.1, -0.05) is 30.7 Å². The van der Waals surface area contributed by atoms with Gasteiger partial charge < -0.3 is 5.32 Å². The van der Waals surface area contributed by atoms with E-state index in [0.29, 0.717) is 13.0 Å². The number of nitrogens with one attached hydrogen (secondary N) is 1. The number of carbonyl (C=O) groups is 1. The number of hydrogen-bond donors (Lipinski definition) is 1. The summed E-state index contributed by atoms with van der Waals surface area (Å²) in [7, 11) is 0. The highest BCUT2D eigenvalue weighted by molar-refractivity contribution is 7.13. The molecule has 20 heavy (non-hydrogen) atoms. The molecule has 0 radical (unpaired) electrons. The molecule has 1 N–H and O–H groups in total. The van der Waals surface area contributed by atoms with Crippen molar-refractivity contribution in [3.63, 3.8) is 0 Å². The molecule has 4 heteroatoms. The first-order chi connectivity index (χ1) is 9.69.